The van der Waals surface area contributed by atoms with E-state index in [9.17, 15) is 5.11 Å². The second-order valence-corrected chi connectivity index (χ2v) is 3.84. The molecule has 1 rings (SSSR count). The molecule has 0 saturated heterocycles. The molecule has 0 radical (unpaired) electrons. The normalized spacial score (nSPS) is 13.1. The van der Waals surface area contributed by atoms with Gasteiger partial charge in [0.15, 0.2) is 0 Å². The summed E-state index contributed by atoms with van der Waals surface area (Å²) in [6.07, 6.45) is 1.15. The lowest BCUT2D eigenvalue weighted by Gasteiger charge is -2.23. The molecule has 0 aliphatic rings. The highest BCUT2D eigenvalue weighted by Crippen LogP contribution is 2.13. The minimum atomic E-state index is 0.347. The summed E-state index contributed by atoms with van der Waals surface area (Å²) in [5.74, 6) is 0.347. The lowest BCUT2D eigenvalue weighted by molar-refractivity contribution is 0.243. The van der Waals surface area contributed by atoms with Gasteiger partial charge in [0.25, 0.3) is 0 Å². The Morgan fingerprint density at radius 1 is 1.43 bits per heavy atom. The molecule has 0 aliphatic carbocycles. The number of hydrogen-bond donors (Lipinski definition) is 1. The van der Waals surface area contributed by atoms with Crippen molar-refractivity contribution < 1.29 is 5.11 Å². The number of benzene rings is 1. The quantitative estimate of drug-likeness (QED) is 0.794. The molecular formula is C12H19NO. The molecule has 0 aromatic heterocycles. The van der Waals surface area contributed by atoms with Gasteiger partial charge in [0.1, 0.15) is 5.75 Å². The molecule has 1 aromatic carbocycles. The van der Waals surface area contributed by atoms with Crippen molar-refractivity contribution >= 4 is 0 Å². The highest BCUT2D eigenvalue weighted by atomic mass is 16.3. The van der Waals surface area contributed by atoms with E-state index in [-0.39, 0.29) is 0 Å². The van der Waals surface area contributed by atoms with E-state index in [1.165, 1.54) is 0 Å². The largest absolute Gasteiger partial charge is 0.508 e. The van der Waals surface area contributed by atoms with Crippen LogP contribution in [0.5, 0.6) is 5.75 Å². The summed E-state index contributed by atoms with van der Waals surface area (Å²) >= 11 is 0. The molecule has 1 aromatic rings. The minimum Gasteiger partial charge on any atom is -0.508 e. The number of aromatic hydroxyl groups is 1. The Labute approximate surface area is 86.2 Å². The van der Waals surface area contributed by atoms with E-state index in [1.807, 2.05) is 18.2 Å². The number of hydrogen-bond acceptors (Lipinski definition) is 2. The van der Waals surface area contributed by atoms with Crippen molar-refractivity contribution in [3.8, 4) is 5.75 Å². The Morgan fingerprint density at radius 2 is 2.14 bits per heavy atom. The van der Waals surface area contributed by atoms with E-state index >= 15 is 0 Å². The number of nitrogens with zero attached hydrogens (tertiary/aromatic N) is 1. The Bertz CT molecular complexity index is 285. The SMILES string of the molecule is CCC(C)N(C)Cc1cccc(O)c1. The number of phenols is 1. The molecule has 2 heteroatoms. The summed E-state index contributed by atoms with van der Waals surface area (Å²) in [6, 6.07) is 8.02. The molecule has 14 heavy (non-hydrogen) atoms. The lowest BCUT2D eigenvalue weighted by atomic mass is 10.1. The van der Waals surface area contributed by atoms with Gasteiger partial charge < -0.3 is 5.11 Å². The van der Waals surface area contributed by atoms with Crippen LogP contribution in [-0.2, 0) is 6.54 Å². The van der Waals surface area contributed by atoms with Gasteiger partial charge in [-0.05, 0) is 38.1 Å². The summed E-state index contributed by atoms with van der Waals surface area (Å²) in [5.41, 5.74) is 1.16. The van der Waals surface area contributed by atoms with Crippen LogP contribution in [0.15, 0.2) is 24.3 Å². The van der Waals surface area contributed by atoms with Crippen molar-refractivity contribution in [1.29, 1.82) is 0 Å². The standard InChI is InChI=1S/C12H19NO/c1-4-10(2)13(3)9-11-6-5-7-12(14)8-11/h5-8,10,14H,4,9H2,1-3H3. The zero-order valence-corrected chi connectivity index (χ0v) is 9.20. The first-order valence-corrected chi connectivity index (χ1v) is 5.11. The fourth-order valence-electron chi connectivity index (χ4n) is 1.41. The van der Waals surface area contributed by atoms with Crippen molar-refractivity contribution in [3.05, 3.63) is 29.8 Å². The molecule has 0 fully saturated rings. The molecule has 2 nitrogen and oxygen atoms in total. The van der Waals surface area contributed by atoms with Gasteiger partial charge in [-0.25, -0.2) is 0 Å². The maximum absolute atomic E-state index is 9.30. The molecule has 0 saturated carbocycles. The van der Waals surface area contributed by atoms with Crippen LogP contribution in [0.1, 0.15) is 25.8 Å². The highest BCUT2D eigenvalue weighted by molar-refractivity contribution is 5.26. The van der Waals surface area contributed by atoms with Crippen LogP contribution in [0.3, 0.4) is 0 Å². The van der Waals surface area contributed by atoms with Crippen molar-refractivity contribution in [3.63, 3.8) is 0 Å². The maximum Gasteiger partial charge on any atom is 0.115 e. The average molecular weight is 193 g/mol. The Hall–Kier alpha value is -1.02. The second-order valence-electron chi connectivity index (χ2n) is 3.84. The summed E-state index contributed by atoms with van der Waals surface area (Å²) in [5, 5.41) is 9.30. The summed E-state index contributed by atoms with van der Waals surface area (Å²) in [4.78, 5) is 2.29. The van der Waals surface area contributed by atoms with E-state index in [1.54, 1.807) is 6.07 Å². The smallest absolute Gasteiger partial charge is 0.115 e. The Balaban J connectivity index is 2.60. The van der Waals surface area contributed by atoms with Crippen LogP contribution in [0.2, 0.25) is 0 Å². The Kier molecular flexibility index (Phi) is 3.96. The van der Waals surface area contributed by atoms with Crippen molar-refractivity contribution in [2.24, 2.45) is 0 Å². The van der Waals surface area contributed by atoms with Crippen LogP contribution < -0.4 is 0 Å². The molecule has 0 spiro atoms. The van der Waals surface area contributed by atoms with E-state index in [0.717, 1.165) is 18.5 Å². The van der Waals surface area contributed by atoms with Gasteiger partial charge in [-0.15, -0.1) is 0 Å². The molecule has 0 heterocycles. The summed E-state index contributed by atoms with van der Waals surface area (Å²) in [7, 11) is 2.11. The predicted octanol–water partition coefficient (Wildman–Crippen LogP) is 2.62. The fraction of sp³-hybridized carbons (Fsp3) is 0.500. The molecule has 1 unspecified atom stereocenters. The van der Waals surface area contributed by atoms with E-state index in [0.29, 0.717) is 11.8 Å². The van der Waals surface area contributed by atoms with Crippen molar-refractivity contribution in [2.75, 3.05) is 7.05 Å². The van der Waals surface area contributed by atoms with Crippen LogP contribution in [0.25, 0.3) is 0 Å². The van der Waals surface area contributed by atoms with E-state index in [4.69, 9.17) is 0 Å². The zero-order valence-electron chi connectivity index (χ0n) is 9.20. The van der Waals surface area contributed by atoms with Gasteiger partial charge in [0.2, 0.25) is 0 Å². The van der Waals surface area contributed by atoms with Crippen molar-refractivity contribution in [2.45, 2.75) is 32.9 Å². The predicted molar refractivity (Wildman–Crippen MR) is 59.3 cm³/mol. The molecule has 1 atom stereocenters. The summed E-state index contributed by atoms with van der Waals surface area (Å²) < 4.78 is 0. The highest BCUT2D eigenvalue weighted by Gasteiger charge is 2.06. The second kappa shape index (κ2) is 5.01. The van der Waals surface area contributed by atoms with Crippen LogP contribution >= 0.6 is 0 Å². The minimum absolute atomic E-state index is 0.347. The van der Waals surface area contributed by atoms with E-state index < -0.39 is 0 Å². The third-order valence-electron chi connectivity index (χ3n) is 2.69. The molecular weight excluding hydrogens is 174 g/mol. The molecule has 0 aliphatic heterocycles. The fourth-order valence-corrected chi connectivity index (χ4v) is 1.41. The van der Waals surface area contributed by atoms with Gasteiger partial charge >= 0.3 is 0 Å². The number of rotatable bonds is 4. The van der Waals surface area contributed by atoms with Gasteiger partial charge in [-0.2, -0.15) is 0 Å². The molecule has 0 bridgehead atoms. The maximum atomic E-state index is 9.30. The Morgan fingerprint density at radius 3 is 2.71 bits per heavy atom. The first-order valence-electron chi connectivity index (χ1n) is 5.11. The monoisotopic (exact) mass is 193 g/mol. The topological polar surface area (TPSA) is 23.5 Å². The van der Waals surface area contributed by atoms with Gasteiger partial charge in [0, 0.05) is 12.6 Å². The van der Waals surface area contributed by atoms with Crippen molar-refractivity contribution in [1.82, 2.24) is 4.90 Å². The van der Waals surface area contributed by atoms with Gasteiger partial charge in [-0.1, -0.05) is 19.1 Å². The molecule has 1 N–H and O–H groups in total. The number of phenolic OH excluding ortho intramolecular Hbond substituents is 1. The van der Waals surface area contributed by atoms with Gasteiger partial charge in [-0.3, -0.25) is 4.90 Å². The molecule has 78 valence electrons. The first-order chi connectivity index (χ1) is 6.63. The third-order valence-corrected chi connectivity index (χ3v) is 2.69. The zero-order chi connectivity index (χ0) is 10.6. The summed E-state index contributed by atoms with van der Waals surface area (Å²) in [6.45, 7) is 5.29. The van der Waals surface area contributed by atoms with Gasteiger partial charge in [0.05, 0.1) is 0 Å². The van der Waals surface area contributed by atoms with Crippen LogP contribution in [-0.4, -0.2) is 23.1 Å². The van der Waals surface area contributed by atoms with Crippen LogP contribution in [0.4, 0.5) is 0 Å². The molecule has 0 amide bonds. The van der Waals surface area contributed by atoms with Crippen LogP contribution in [0, 0.1) is 0 Å². The van der Waals surface area contributed by atoms with E-state index in [2.05, 4.69) is 25.8 Å². The average Bonchev–Trinajstić information content (AvgIpc) is 2.16. The third kappa shape index (κ3) is 3.04. The first kappa shape index (κ1) is 11.1. The lowest BCUT2D eigenvalue weighted by Crippen LogP contribution is -2.27.